The van der Waals surface area contributed by atoms with E-state index < -0.39 is 17.4 Å². The highest BCUT2D eigenvalue weighted by atomic mass is 16.5. The van der Waals surface area contributed by atoms with Crippen molar-refractivity contribution in [2.75, 3.05) is 5.32 Å². The molecular formula is C16H16N2O4. The lowest BCUT2D eigenvalue weighted by molar-refractivity contribution is -0.146. The molecule has 0 spiro atoms. The summed E-state index contributed by atoms with van der Waals surface area (Å²) >= 11 is 0. The van der Waals surface area contributed by atoms with E-state index in [9.17, 15) is 9.59 Å². The highest BCUT2D eigenvalue weighted by Crippen LogP contribution is 2.33. The monoisotopic (exact) mass is 300 g/mol. The second-order valence-electron chi connectivity index (χ2n) is 5.28. The van der Waals surface area contributed by atoms with Crippen LogP contribution in [0.5, 0.6) is 5.75 Å². The van der Waals surface area contributed by atoms with E-state index in [0.717, 1.165) is 5.76 Å². The smallest absolute Gasteiger partial charge is 0.278 e. The first-order chi connectivity index (χ1) is 10.5. The summed E-state index contributed by atoms with van der Waals surface area (Å²) in [4.78, 5) is 24.6. The Bertz CT molecular complexity index is 737. The normalized spacial score (nSPS) is 19.8. The maximum Gasteiger partial charge on any atom is 0.278 e. The van der Waals surface area contributed by atoms with Gasteiger partial charge in [0.05, 0.1) is 12.2 Å². The Kier molecular flexibility index (Phi) is 3.36. The van der Waals surface area contributed by atoms with Gasteiger partial charge in [0.2, 0.25) is 0 Å². The number of hydrogen-bond donors (Lipinski definition) is 2. The number of benzene rings is 1. The van der Waals surface area contributed by atoms with Gasteiger partial charge in [-0.3, -0.25) is 9.59 Å². The molecule has 6 nitrogen and oxygen atoms in total. The quantitative estimate of drug-likeness (QED) is 0.850. The minimum Gasteiger partial charge on any atom is -0.466 e. The van der Waals surface area contributed by atoms with Crippen molar-refractivity contribution in [2.45, 2.75) is 26.0 Å². The van der Waals surface area contributed by atoms with Gasteiger partial charge in [-0.25, -0.2) is 0 Å². The summed E-state index contributed by atoms with van der Waals surface area (Å²) in [5.74, 6) is 0.823. The van der Waals surface area contributed by atoms with Crippen molar-refractivity contribution in [3.63, 3.8) is 0 Å². The number of para-hydroxylation sites is 2. The molecule has 0 fully saturated rings. The van der Waals surface area contributed by atoms with Crippen molar-refractivity contribution < 1.29 is 18.7 Å². The van der Waals surface area contributed by atoms with Crippen molar-refractivity contribution in [1.82, 2.24) is 5.32 Å². The van der Waals surface area contributed by atoms with Gasteiger partial charge < -0.3 is 19.8 Å². The summed E-state index contributed by atoms with van der Waals surface area (Å²) in [6, 6.07) is 10.6. The van der Waals surface area contributed by atoms with Crippen LogP contribution in [0.25, 0.3) is 0 Å². The molecule has 1 aliphatic heterocycles. The van der Waals surface area contributed by atoms with Gasteiger partial charge >= 0.3 is 0 Å². The molecular weight excluding hydrogens is 284 g/mol. The molecule has 3 rings (SSSR count). The van der Waals surface area contributed by atoms with Crippen LogP contribution < -0.4 is 15.4 Å². The van der Waals surface area contributed by atoms with E-state index in [2.05, 4.69) is 10.6 Å². The third kappa shape index (κ3) is 2.43. The van der Waals surface area contributed by atoms with Crippen LogP contribution >= 0.6 is 0 Å². The van der Waals surface area contributed by atoms with E-state index in [1.165, 1.54) is 6.92 Å². The van der Waals surface area contributed by atoms with E-state index >= 15 is 0 Å². The predicted molar refractivity (Wildman–Crippen MR) is 79.4 cm³/mol. The number of amides is 2. The minimum absolute atomic E-state index is 0.195. The van der Waals surface area contributed by atoms with Crippen LogP contribution in [0, 0.1) is 6.92 Å². The predicted octanol–water partition coefficient (Wildman–Crippen LogP) is 1.99. The van der Waals surface area contributed by atoms with Gasteiger partial charge in [-0.1, -0.05) is 12.1 Å². The lowest BCUT2D eigenvalue weighted by Gasteiger charge is -2.33. The van der Waals surface area contributed by atoms with Gasteiger partial charge in [-0.05, 0) is 38.1 Å². The van der Waals surface area contributed by atoms with Crippen LogP contribution in [0.15, 0.2) is 40.8 Å². The maximum atomic E-state index is 12.4. The van der Waals surface area contributed by atoms with Gasteiger partial charge in [0.25, 0.3) is 17.4 Å². The van der Waals surface area contributed by atoms with E-state index in [-0.39, 0.29) is 6.54 Å². The first-order valence-electron chi connectivity index (χ1n) is 6.92. The lowest BCUT2D eigenvalue weighted by atomic mass is 10.0. The van der Waals surface area contributed by atoms with Crippen molar-refractivity contribution >= 4 is 17.5 Å². The molecule has 0 saturated heterocycles. The zero-order chi connectivity index (χ0) is 15.7. The molecule has 0 saturated carbocycles. The van der Waals surface area contributed by atoms with Crippen molar-refractivity contribution in [2.24, 2.45) is 0 Å². The number of aryl methyl sites for hydroxylation is 1. The average Bonchev–Trinajstić information content (AvgIpc) is 2.91. The van der Waals surface area contributed by atoms with Gasteiger partial charge in [-0.15, -0.1) is 0 Å². The Morgan fingerprint density at radius 1 is 1.27 bits per heavy atom. The molecule has 2 heterocycles. The highest BCUT2D eigenvalue weighted by molar-refractivity contribution is 6.15. The summed E-state index contributed by atoms with van der Waals surface area (Å²) in [7, 11) is 0. The molecule has 2 N–H and O–H groups in total. The van der Waals surface area contributed by atoms with E-state index in [4.69, 9.17) is 9.15 Å². The number of hydrogen-bond acceptors (Lipinski definition) is 4. The van der Waals surface area contributed by atoms with Crippen molar-refractivity contribution in [1.29, 1.82) is 0 Å². The molecule has 1 aromatic carbocycles. The molecule has 2 amide bonds. The second kappa shape index (κ2) is 5.22. The summed E-state index contributed by atoms with van der Waals surface area (Å²) in [5.41, 5.74) is -1.06. The summed E-state index contributed by atoms with van der Waals surface area (Å²) in [6.45, 7) is 3.46. The van der Waals surface area contributed by atoms with Crippen molar-refractivity contribution in [3.05, 3.63) is 47.9 Å². The van der Waals surface area contributed by atoms with Gasteiger partial charge in [-0.2, -0.15) is 0 Å². The third-order valence-electron chi connectivity index (χ3n) is 3.54. The van der Waals surface area contributed by atoms with Crippen LogP contribution in [0.3, 0.4) is 0 Å². The van der Waals surface area contributed by atoms with Gasteiger partial charge in [0.1, 0.15) is 17.3 Å². The Hall–Kier alpha value is -2.76. The maximum absolute atomic E-state index is 12.4. The molecule has 2 aromatic rings. The molecule has 1 aliphatic rings. The first kappa shape index (κ1) is 14.2. The van der Waals surface area contributed by atoms with Crippen molar-refractivity contribution in [3.8, 4) is 5.75 Å². The van der Waals surface area contributed by atoms with Crippen LogP contribution in [0.2, 0.25) is 0 Å². The zero-order valence-electron chi connectivity index (χ0n) is 12.3. The summed E-state index contributed by atoms with van der Waals surface area (Å²) in [6.07, 6.45) is 0. The highest BCUT2D eigenvalue weighted by Gasteiger charge is 2.47. The van der Waals surface area contributed by atoms with E-state index in [1.54, 1.807) is 30.3 Å². The molecule has 22 heavy (non-hydrogen) atoms. The van der Waals surface area contributed by atoms with Gasteiger partial charge in [0.15, 0.2) is 0 Å². The Morgan fingerprint density at radius 2 is 2.05 bits per heavy atom. The fraction of sp³-hybridized carbons (Fsp3) is 0.250. The Balaban J connectivity index is 1.75. The number of nitrogens with one attached hydrogen (secondary N) is 2. The molecule has 0 aliphatic carbocycles. The second-order valence-corrected chi connectivity index (χ2v) is 5.28. The molecule has 0 bridgehead atoms. The standard InChI is InChI=1S/C16H16N2O4/c1-10-7-8-11(21-10)9-17-14(19)16(2)15(20)18-12-5-3-4-6-13(12)22-16/h3-8H,9H2,1-2H3,(H,17,19)(H,18,20). The van der Waals surface area contributed by atoms with Crippen LogP contribution in [0.4, 0.5) is 5.69 Å². The first-order valence-corrected chi connectivity index (χ1v) is 6.92. The number of carbonyl (C=O) groups excluding carboxylic acids is 2. The minimum atomic E-state index is -1.62. The number of furan rings is 1. The largest absolute Gasteiger partial charge is 0.466 e. The number of ether oxygens (including phenoxy) is 1. The Labute approximate surface area is 127 Å². The van der Waals surface area contributed by atoms with E-state index in [1.807, 2.05) is 13.0 Å². The molecule has 1 atom stereocenters. The Morgan fingerprint density at radius 3 is 2.77 bits per heavy atom. The van der Waals surface area contributed by atoms with Crippen LogP contribution in [-0.2, 0) is 16.1 Å². The summed E-state index contributed by atoms with van der Waals surface area (Å²) < 4.78 is 11.0. The zero-order valence-corrected chi connectivity index (χ0v) is 12.3. The number of anilines is 1. The molecule has 1 aromatic heterocycles. The SMILES string of the molecule is Cc1ccc(CNC(=O)C2(C)Oc3ccccc3NC2=O)o1. The van der Waals surface area contributed by atoms with E-state index in [0.29, 0.717) is 17.2 Å². The molecule has 0 radical (unpaired) electrons. The van der Waals surface area contributed by atoms with Crippen LogP contribution in [0.1, 0.15) is 18.4 Å². The summed E-state index contributed by atoms with van der Waals surface area (Å²) in [5, 5.41) is 5.35. The number of rotatable bonds is 3. The number of fused-ring (bicyclic) bond motifs is 1. The van der Waals surface area contributed by atoms with Crippen LogP contribution in [-0.4, -0.2) is 17.4 Å². The lowest BCUT2D eigenvalue weighted by Crippen LogP contribution is -2.58. The fourth-order valence-corrected chi connectivity index (χ4v) is 2.23. The third-order valence-corrected chi connectivity index (χ3v) is 3.54. The topological polar surface area (TPSA) is 80.6 Å². The molecule has 1 unspecified atom stereocenters. The molecule has 6 heteroatoms. The van der Waals surface area contributed by atoms with Gasteiger partial charge in [0, 0.05) is 0 Å². The molecule has 114 valence electrons. The fourth-order valence-electron chi connectivity index (χ4n) is 2.23. The number of carbonyl (C=O) groups is 2. The average molecular weight is 300 g/mol.